The maximum atomic E-state index is 11.7. The molecule has 0 radical (unpaired) electrons. The van der Waals surface area contributed by atoms with Crippen LogP contribution >= 0.6 is 0 Å². The van der Waals surface area contributed by atoms with Crippen LogP contribution in [0.15, 0.2) is 170 Å². The quantitative estimate of drug-likeness (QED) is 0.162. The Morgan fingerprint density at radius 2 is 1.00 bits per heavy atom. The normalized spacial score (nSPS) is 12.5. The molecule has 11 aromatic rings. The molecule has 82 heavy (non-hydrogen) atoms. The average Bonchev–Trinajstić information content (AvgIpc) is 4.02. The Hall–Kier alpha value is -7.84. The van der Waals surface area contributed by atoms with Gasteiger partial charge in [-0.1, -0.05) is 212 Å². The molecule has 0 fully saturated rings. The molecule has 6 nitrogen and oxygen atoms in total. The van der Waals surface area contributed by atoms with E-state index in [0.29, 0.717) is 17.1 Å². The Labute approximate surface area is 500 Å². The number of nitrogens with zero attached hydrogens (tertiary/aromatic N) is 5. The van der Waals surface area contributed by atoms with Crippen LogP contribution in [0.3, 0.4) is 0 Å². The van der Waals surface area contributed by atoms with Crippen molar-refractivity contribution in [2.24, 2.45) is 0 Å². The summed E-state index contributed by atoms with van der Waals surface area (Å²) in [5, 5.41) is 14.1. The second kappa shape index (κ2) is 20.9. The number of aromatic hydroxyl groups is 1. The van der Waals surface area contributed by atoms with Crippen molar-refractivity contribution < 1.29 is 26.2 Å². The van der Waals surface area contributed by atoms with Crippen LogP contribution in [0.4, 0.5) is 5.69 Å². The molecular formula is C75H74N5OPt-. The maximum Gasteiger partial charge on any atom is 0.190 e. The van der Waals surface area contributed by atoms with Crippen molar-refractivity contribution in [2.45, 2.75) is 131 Å². The van der Waals surface area contributed by atoms with Gasteiger partial charge < -0.3 is 9.67 Å². The molecule has 0 saturated carbocycles. The molecule has 11 rings (SSSR count). The summed E-state index contributed by atoms with van der Waals surface area (Å²) in [6.07, 6.45) is 1.92. The van der Waals surface area contributed by atoms with E-state index in [4.69, 9.17) is 16.5 Å². The largest absolute Gasteiger partial charge is 0.509 e. The van der Waals surface area contributed by atoms with E-state index in [0.717, 1.165) is 72.5 Å². The number of hydrogen-bond donors (Lipinski definition) is 1. The summed E-state index contributed by atoms with van der Waals surface area (Å²) in [4.78, 5) is 14.2. The van der Waals surface area contributed by atoms with Gasteiger partial charge in [0, 0.05) is 55.1 Å². The van der Waals surface area contributed by atoms with Crippen molar-refractivity contribution in [3.05, 3.63) is 215 Å². The molecule has 3 aromatic heterocycles. The SMILES string of the molecule is [C-]#[N+]c1ccc(-c2nc3c(-c4[c-]c(-c5cc(-c6ccc7c8ccccc8n(-c8cccc(-c9cc(C(C)(C)C)cc(C(C)(C)C)c9)c8)c7c6)ccn5)cc(C(C)(C)C)c4)cccc3n2-c2cc(C(C)(C)C)cc(C(C)(C)C)c2)c(O)c1.[Pt]. The van der Waals surface area contributed by atoms with E-state index in [1.807, 2.05) is 12.3 Å². The summed E-state index contributed by atoms with van der Waals surface area (Å²) in [6.45, 7) is 41.7. The Morgan fingerprint density at radius 1 is 0.439 bits per heavy atom. The summed E-state index contributed by atoms with van der Waals surface area (Å²) in [6, 6.07) is 62.7. The van der Waals surface area contributed by atoms with Gasteiger partial charge in [0.1, 0.15) is 11.6 Å². The maximum absolute atomic E-state index is 11.7. The summed E-state index contributed by atoms with van der Waals surface area (Å²) in [5.74, 6) is 0.588. The van der Waals surface area contributed by atoms with Crippen LogP contribution in [0, 0.1) is 12.6 Å². The van der Waals surface area contributed by atoms with E-state index in [9.17, 15) is 5.11 Å². The first-order valence-electron chi connectivity index (χ1n) is 28.4. The number of pyridine rings is 1. The zero-order valence-electron chi connectivity index (χ0n) is 50.2. The number of rotatable bonds is 7. The van der Waals surface area contributed by atoms with Gasteiger partial charge in [0.15, 0.2) is 5.69 Å². The third-order valence-electron chi connectivity index (χ3n) is 16.1. The van der Waals surface area contributed by atoms with Crippen LogP contribution in [-0.4, -0.2) is 24.2 Å². The molecule has 0 unspecified atom stereocenters. The number of imidazole rings is 1. The molecular weight excluding hydrogens is 1180 g/mol. The van der Waals surface area contributed by atoms with Crippen LogP contribution in [0.5, 0.6) is 5.75 Å². The Morgan fingerprint density at radius 3 is 1.63 bits per heavy atom. The molecule has 416 valence electrons. The molecule has 0 saturated heterocycles. The third kappa shape index (κ3) is 10.9. The van der Waals surface area contributed by atoms with Gasteiger partial charge in [-0.2, -0.15) is 0 Å². The predicted octanol–water partition coefficient (Wildman–Crippen LogP) is 20.4. The number of benzene rings is 8. The van der Waals surface area contributed by atoms with Crippen LogP contribution < -0.4 is 0 Å². The first-order chi connectivity index (χ1) is 38.1. The van der Waals surface area contributed by atoms with Crippen LogP contribution in [0.2, 0.25) is 0 Å². The summed E-state index contributed by atoms with van der Waals surface area (Å²) in [5.41, 5.74) is 20.7. The number of aromatic nitrogens is 4. The smallest absolute Gasteiger partial charge is 0.190 e. The van der Waals surface area contributed by atoms with Crippen molar-refractivity contribution in [1.82, 2.24) is 19.1 Å². The zero-order valence-corrected chi connectivity index (χ0v) is 52.4. The number of fused-ring (bicyclic) bond motifs is 4. The second-order valence-electron chi connectivity index (χ2n) is 27.3. The minimum absolute atomic E-state index is 0. The average molecular weight is 1260 g/mol. The van der Waals surface area contributed by atoms with E-state index < -0.39 is 0 Å². The van der Waals surface area contributed by atoms with E-state index >= 15 is 0 Å². The summed E-state index contributed by atoms with van der Waals surface area (Å²) >= 11 is 0. The molecule has 7 heteroatoms. The Bertz CT molecular complexity index is 4270. The van der Waals surface area contributed by atoms with Crippen LogP contribution in [0.1, 0.15) is 132 Å². The van der Waals surface area contributed by atoms with Crippen molar-refractivity contribution >= 4 is 38.5 Å². The van der Waals surface area contributed by atoms with Gasteiger partial charge in [-0.05, 0) is 126 Å². The van der Waals surface area contributed by atoms with Crippen molar-refractivity contribution in [3.8, 4) is 73.2 Å². The molecule has 0 aliphatic carbocycles. The molecule has 0 bridgehead atoms. The molecule has 0 amide bonds. The fraction of sp³-hybridized carbons (Fsp3) is 0.267. The van der Waals surface area contributed by atoms with E-state index in [2.05, 4.69) is 269 Å². The van der Waals surface area contributed by atoms with Crippen molar-refractivity contribution in [2.75, 3.05) is 0 Å². The van der Waals surface area contributed by atoms with Gasteiger partial charge in [-0.25, -0.2) is 9.83 Å². The number of para-hydroxylation sites is 2. The molecule has 0 spiro atoms. The number of hydrogen-bond acceptors (Lipinski definition) is 3. The Balaban J connectivity index is 0.00000753. The van der Waals surface area contributed by atoms with Gasteiger partial charge in [0.2, 0.25) is 0 Å². The molecule has 1 N–H and O–H groups in total. The topological polar surface area (TPSA) is 60.2 Å². The van der Waals surface area contributed by atoms with Crippen molar-refractivity contribution in [3.63, 3.8) is 0 Å². The van der Waals surface area contributed by atoms with E-state index in [1.54, 1.807) is 6.07 Å². The minimum atomic E-state index is -0.220. The second-order valence-corrected chi connectivity index (χ2v) is 27.3. The van der Waals surface area contributed by atoms with Gasteiger partial charge in [0.05, 0.1) is 34.2 Å². The third-order valence-corrected chi connectivity index (χ3v) is 16.1. The molecule has 0 aliphatic rings. The summed E-state index contributed by atoms with van der Waals surface area (Å²) < 4.78 is 4.60. The van der Waals surface area contributed by atoms with E-state index in [-0.39, 0.29) is 53.9 Å². The molecule has 0 aliphatic heterocycles. The van der Waals surface area contributed by atoms with Gasteiger partial charge in [-0.15, -0.1) is 29.3 Å². The fourth-order valence-electron chi connectivity index (χ4n) is 11.1. The molecule has 3 heterocycles. The number of phenolic OH excluding ortho intramolecular Hbond substituents is 1. The first-order valence-corrected chi connectivity index (χ1v) is 28.4. The Kier molecular flexibility index (Phi) is 14.6. The minimum Gasteiger partial charge on any atom is -0.509 e. The monoisotopic (exact) mass is 1260 g/mol. The van der Waals surface area contributed by atoms with E-state index in [1.165, 1.54) is 50.2 Å². The zero-order chi connectivity index (χ0) is 57.7. The van der Waals surface area contributed by atoms with Crippen LogP contribution in [-0.2, 0) is 48.1 Å². The van der Waals surface area contributed by atoms with Gasteiger partial charge in [-0.3, -0.25) is 9.55 Å². The van der Waals surface area contributed by atoms with Crippen molar-refractivity contribution in [1.29, 1.82) is 0 Å². The number of phenols is 1. The van der Waals surface area contributed by atoms with Gasteiger partial charge >= 0.3 is 0 Å². The first kappa shape index (κ1) is 57.4. The standard InChI is InChI=1S/C75H74N5O.Pt/c1-71(2,3)52-36-50(60-24-20-26-66-69(60)78-70(63-30-28-57(76-16)45-68(63)81)80(66)59-43-55(74(10,11)12)42-56(44-59)75(13,14)15)33-51(37-52)64-39-48(31-32-77-64)47-27-29-62-61-23-17-18-25-65(61)79(67(62)40-47)58-22-19-21-46(38-58)49-34-53(72(4,5)6)41-54(35-49)73(7,8)9;/h17-32,34-45,81H,1-15H3;/q-1;. The van der Waals surface area contributed by atoms with Crippen LogP contribution in [0.25, 0.3) is 105 Å². The fourth-order valence-corrected chi connectivity index (χ4v) is 11.1. The van der Waals surface area contributed by atoms with Gasteiger partial charge in [0.25, 0.3) is 0 Å². The summed E-state index contributed by atoms with van der Waals surface area (Å²) in [7, 11) is 0. The molecule has 8 aromatic carbocycles. The molecule has 0 atom stereocenters. The predicted molar refractivity (Wildman–Crippen MR) is 341 cm³/mol.